The number of carbonyl (C=O) groups is 1. The average molecular weight is 376 g/mol. The van der Waals surface area contributed by atoms with Crippen molar-refractivity contribution in [2.75, 3.05) is 19.8 Å². The molecule has 0 aromatic heterocycles. The molecule has 0 aliphatic carbocycles. The molecule has 2 atom stereocenters. The van der Waals surface area contributed by atoms with Crippen molar-refractivity contribution in [3.05, 3.63) is 12.7 Å². The zero-order chi connectivity index (χ0) is 19.3. The molecule has 0 aromatic carbocycles. The van der Waals surface area contributed by atoms with Crippen molar-refractivity contribution in [3.8, 4) is 0 Å². The van der Waals surface area contributed by atoms with E-state index in [1.807, 2.05) is 20.8 Å². The molecule has 0 radical (unpaired) electrons. The normalized spacial score (nSPS) is 15.7. The van der Waals surface area contributed by atoms with Crippen molar-refractivity contribution in [1.82, 2.24) is 0 Å². The van der Waals surface area contributed by atoms with E-state index in [1.54, 1.807) is 13.8 Å². The molecule has 0 rings (SSSR count). The molecule has 146 valence electrons. The monoisotopic (exact) mass is 376 g/mol. The van der Waals surface area contributed by atoms with E-state index < -0.39 is 25.9 Å². The maximum atomic E-state index is 12.2. The minimum atomic E-state index is -1.74. The van der Waals surface area contributed by atoms with Crippen molar-refractivity contribution in [2.24, 2.45) is 0 Å². The summed E-state index contributed by atoms with van der Waals surface area (Å²) in [4.78, 5) is 12.1. The highest BCUT2D eigenvalue weighted by molar-refractivity contribution is 7.25. The van der Waals surface area contributed by atoms with Gasteiger partial charge in [-0.1, -0.05) is 34.3 Å². The molecule has 7 heteroatoms. The summed E-state index contributed by atoms with van der Waals surface area (Å²) >= 11 is 0. The maximum absolute atomic E-state index is 12.2. The molecule has 0 saturated heterocycles. The molecule has 0 N–H and O–H groups in total. The minimum Gasteiger partial charge on any atom is -0.345 e. The number of hydrogen-bond donors (Lipinski definition) is 0. The summed E-state index contributed by atoms with van der Waals surface area (Å²) in [6.45, 7) is 13.8. The van der Waals surface area contributed by atoms with Gasteiger partial charge in [-0.05, 0) is 38.7 Å². The van der Waals surface area contributed by atoms with Gasteiger partial charge in [-0.25, -0.2) is 0 Å². The van der Waals surface area contributed by atoms with E-state index in [9.17, 15) is 9.36 Å². The van der Waals surface area contributed by atoms with Gasteiger partial charge in [-0.15, -0.1) is 0 Å². The predicted octanol–water partition coefficient (Wildman–Crippen LogP) is 4.48. The number of ether oxygens (including phenoxy) is 4. The first-order valence-corrected chi connectivity index (χ1v) is 9.81. The Labute approximate surface area is 153 Å². The van der Waals surface area contributed by atoms with Crippen molar-refractivity contribution in [3.63, 3.8) is 0 Å². The Morgan fingerprint density at radius 3 is 1.88 bits per heavy atom. The molecule has 0 bridgehead atoms. The molecule has 0 saturated carbocycles. The highest BCUT2D eigenvalue weighted by atomic mass is 31.1. The lowest BCUT2D eigenvalue weighted by atomic mass is 10.1. The van der Waals surface area contributed by atoms with Gasteiger partial charge in [0.15, 0.2) is 5.78 Å². The van der Waals surface area contributed by atoms with Gasteiger partial charge in [0, 0.05) is 13.2 Å². The van der Waals surface area contributed by atoms with E-state index in [4.69, 9.17) is 18.9 Å². The summed E-state index contributed by atoms with van der Waals surface area (Å²) in [7, 11) is -0.466. The Morgan fingerprint density at radius 2 is 1.52 bits per heavy atom. The van der Waals surface area contributed by atoms with Crippen LogP contribution in [0.3, 0.4) is 0 Å². The Balaban J connectivity index is 5.86. The fraction of sp³-hybridized carbons (Fsp3) is 0.833. The first-order chi connectivity index (χ1) is 11.9. The van der Waals surface area contributed by atoms with Crippen LogP contribution < -0.4 is 0 Å². The third-order valence-electron chi connectivity index (χ3n) is 3.55. The second-order valence-corrected chi connectivity index (χ2v) is 6.56. The number of hydrogen-bond acceptors (Lipinski definition) is 6. The van der Waals surface area contributed by atoms with Crippen LogP contribution >= 0.6 is 8.46 Å². The van der Waals surface area contributed by atoms with Crippen LogP contribution in [0.4, 0.5) is 0 Å². The first kappa shape index (κ1) is 24.4. The zero-order valence-electron chi connectivity index (χ0n) is 16.2. The van der Waals surface area contributed by atoms with Crippen LogP contribution in [0, 0.1) is 0 Å². The summed E-state index contributed by atoms with van der Waals surface area (Å²) < 4.78 is 35.7. The Kier molecular flexibility index (Phi) is 12.3. The van der Waals surface area contributed by atoms with Gasteiger partial charge in [0.05, 0.1) is 6.61 Å². The van der Waals surface area contributed by atoms with Crippen LogP contribution in [-0.2, 0) is 28.3 Å². The second kappa shape index (κ2) is 12.7. The van der Waals surface area contributed by atoms with Crippen LogP contribution in [0.1, 0.15) is 60.3 Å². The van der Waals surface area contributed by atoms with Crippen molar-refractivity contribution >= 4 is 14.2 Å². The third-order valence-corrected chi connectivity index (χ3v) is 4.43. The Hall–Kier alpha value is -0.650. The lowest BCUT2D eigenvalue weighted by Crippen LogP contribution is -2.58. The standard InChI is InChI=1S/C18H33O6P/c1-7-12-21-17(6,22-13-8-2)18(25-20,23-14-9-3)24-16(11-5)15(19)10-4/h10,16H,4,7-9,11-14H2,1-3,5-6H3. The molecule has 6 nitrogen and oxygen atoms in total. The van der Waals surface area contributed by atoms with E-state index in [-0.39, 0.29) is 12.4 Å². The van der Waals surface area contributed by atoms with Crippen molar-refractivity contribution in [2.45, 2.75) is 77.7 Å². The molecule has 0 amide bonds. The van der Waals surface area contributed by atoms with E-state index >= 15 is 0 Å². The zero-order valence-corrected chi connectivity index (χ0v) is 17.1. The van der Waals surface area contributed by atoms with Gasteiger partial charge in [0.2, 0.25) is 14.2 Å². The molecule has 25 heavy (non-hydrogen) atoms. The number of rotatable bonds is 16. The number of carbonyl (C=O) groups excluding carboxylic acids is 1. The number of ketones is 1. The third kappa shape index (κ3) is 6.87. The van der Waals surface area contributed by atoms with Crippen LogP contribution in [0.25, 0.3) is 0 Å². The molecule has 0 aromatic rings. The first-order valence-electron chi connectivity index (χ1n) is 9.00. The average Bonchev–Trinajstić information content (AvgIpc) is 2.64. The molecule has 0 aliphatic rings. The van der Waals surface area contributed by atoms with Crippen molar-refractivity contribution < 1.29 is 28.3 Å². The summed E-state index contributed by atoms with van der Waals surface area (Å²) in [6.07, 6.45) is 2.91. The van der Waals surface area contributed by atoms with Gasteiger partial charge >= 0.3 is 5.53 Å². The second-order valence-electron chi connectivity index (χ2n) is 5.79. The highest BCUT2D eigenvalue weighted by Crippen LogP contribution is 2.43. The smallest absolute Gasteiger partial charge is 0.307 e. The molecular weight excluding hydrogens is 343 g/mol. The molecule has 0 heterocycles. The minimum absolute atomic E-state index is 0.286. The Bertz CT molecular complexity index is 406. The van der Waals surface area contributed by atoms with E-state index in [0.717, 1.165) is 12.8 Å². The molecular formula is C18H33O6P. The van der Waals surface area contributed by atoms with E-state index in [0.29, 0.717) is 26.1 Å². The van der Waals surface area contributed by atoms with Crippen LogP contribution in [0.15, 0.2) is 12.7 Å². The van der Waals surface area contributed by atoms with Gasteiger partial charge in [-0.3, -0.25) is 9.36 Å². The highest BCUT2D eigenvalue weighted by Gasteiger charge is 2.56. The molecule has 0 spiro atoms. The van der Waals surface area contributed by atoms with Crippen LogP contribution in [0.2, 0.25) is 0 Å². The Morgan fingerprint density at radius 1 is 1.04 bits per heavy atom. The van der Waals surface area contributed by atoms with E-state index in [1.165, 1.54) is 6.08 Å². The summed E-state index contributed by atoms with van der Waals surface area (Å²) in [5.74, 6) is -1.73. The van der Waals surface area contributed by atoms with Crippen molar-refractivity contribution in [1.29, 1.82) is 0 Å². The largest absolute Gasteiger partial charge is 0.345 e. The summed E-state index contributed by atoms with van der Waals surface area (Å²) in [5, 5.41) is 0. The summed E-state index contributed by atoms with van der Waals surface area (Å²) in [5.41, 5.74) is -1.74. The van der Waals surface area contributed by atoms with Gasteiger partial charge < -0.3 is 18.9 Å². The van der Waals surface area contributed by atoms with E-state index in [2.05, 4.69) is 6.58 Å². The van der Waals surface area contributed by atoms with Gasteiger partial charge in [0.1, 0.15) is 6.10 Å². The van der Waals surface area contributed by atoms with Crippen LogP contribution in [-0.4, -0.2) is 43.0 Å². The molecule has 0 aliphatic heterocycles. The van der Waals surface area contributed by atoms with Gasteiger partial charge in [-0.2, -0.15) is 0 Å². The maximum Gasteiger partial charge on any atom is 0.307 e. The quantitative estimate of drug-likeness (QED) is 0.225. The van der Waals surface area contributed by atoms with Gasteiger partial charge in [0.25, 0.3) is 0 Å². The molecule has 2 unspecified atom stereocenters. The van der Waals surface area contributed by atoms with Crippen LogP contribution in [0.5, 0.6) is 0 Å². The summed E-state index contributed by atoms with van der Waals surface area (Å²) in [6, 6.07) is 0. The lowest BCUT2D eigenvalue weighted by Gasteiger charge is -2.43. The lowest BCUT2D eigenvalue weighted by molar-refractivity contribution is -0.371. The molecule has 0 fully saturated rings. The predicted molar refractivity (Wildman–Crippen MR) is 97.8 cm³/mol. The fourth-order valence-electron chi connectivity index (χ4n) is 2.13. The topological polar surface area (TPSA) is 71.1 Å². The SMILES string of the molecule is C=CC(=O)C(CC)OC(OCCC)(P=O)C(C)(OCCC)OCCC. The fourth-order valence-corrected chi connectivity index (χ4v) is 2.74.